The molecule has 3 rings (SSSR count). The van der Waals surface area contributed by atoms with E-state index >= 15 is 0 Å². The highest BCUT2D eigenvalue weighted by Gasteiger charge is 2.18. The highest BCUT2D eigenvalue weighted by molar-refractivity contribution is 7.98. The van der Waals surface area contributed by atoms with Crippen molar-refractivity contribution in [2.75, 3.05) is 6.54 Å². The van der Waals surface area contributed by atoms with Gasteiger partial charge in [0.05, 0.1) is 5.56 Å². The molecular weight excluding hydrogens is 434 g/mol. The highest BCUT2D eigenvalue weighted by Crippen LogP contribution is 2.32. The maximum absolute atomic E-state index is 12.4. The van der Waals surface area contributed by atoms with Crippen molar-refractivity contribution in [1.82, 2.24) is 5.32 Å². The van der Waals surface area contributed by atoms with Crippen LogP contribution in [0.3, 0.4) is 0 Å². The number of carboxylic acid groups (broad SMARTS) is 1. The van der Waals surface area contributed by atoms with Gasteiger partial charge in [0.25, 0.3) is 5.91 Å². The predicted molar refractivity (Wildman–Crippen MR) is 133 cm³/mol. The molecule has 0 atom stereocenters. The molecule has 0 spiro atoms. The van der Waals surface area contributed by atoms with Crippen LogP contribution >= 0.6 is 11.8 Å². The van der Waals surface area contributed by atoms with Gasteiger partial charge in [-0.2, -0.15) is 0 Å². The monoisotopic (exact) mass is 461 g/mol. The third-order valence-corrected chi connectivity index (χ3v) is 6.11. The van der Waals surface area contributed by atoms with Gasteiger partial charge in [0.1, 0.15) is 5.84 Å². The third kappa shape index (κ3) is 6.23. The number of nitrogens with one attached hydrogen (secondary N) is 2. The van der Waals surface area contributed by atoms with Crippen molar-refractivity contribution in [1.29, 1.82) is 5.41 Å². The number of thioether (sulfide) groups is 1. The van der Waals surface area contributed by atoms with Crippen molar-refractivity contribution in [3.63, 3.8) is 0 Å². The highest BCUT2D eigenvalue weighted by atomic mass is 32.2. The van der Waals surface area contributed by atoms with Crippen molar-refractivity contribution in [3.8, 4) is 11.1 Å². The van der Waals surface area contributed by atoms with Gasteiger partial charge in [0.2, 0.25) is 0 Å². The fraction of sp³-hybridized carbons (Fsp3) is 0.192. The number of aromatic carboxylic acids is 1. The van der Waals surface area contributed by atoms with Crippen molar-refractivity contribution in [2.24, 2.45) is 11.7 Å². The minimum atomic E-state index is -1.08. The molecule has 1 amide bonds. The molecule has 0 saturated carbocycles. The van der Waals surface area contributed by atoms with Crippen LogP contribution in [0.1, 0.15) is 45.7 Å². The second-order valence-electron chi connectivity index (χ2n) is 8.05. The molecule has 3 aromatic carbocycles. The topological polar surface area (TPSA) is 116 Å². The average Bonchev–Trinajstić information content (AvgIpc) is 2.81. The Balaban J connectivity index is 1.87. The third-order valence-electron chi connectivity index (χ3n) is 5.05. The van der Waals surface area contributed by atoms with Crippen LogP contribution in [0.15, 0.2) is 71.6 Å². The van der Waals surface area contributed by atoms with Crippen LogP contribution in [0.2, 0.25) is 0 Å². The van der Waals surface area contributed by atoms with E-state index in [-0.39, 0.29) is 17.3 Å². The maximum atomic E-state index is 12.4. The van der Waals surface area contributed by atoms with E-state index in [0.29, 0.717) is 34.9 Å². The summed E-state index contributed by atoms with van der Waals surface area (Å²) in [5.41, 5.74) is 8.98. The van der Waals surface area contributed by atoms with Crippen LogP contribution < -0.4 is 11.1 Å². The number of nitrogen functional groups attached to an aromatic ring is 1. The van der Waals surface area contributed by atoms with Crippen LogP contribution in [0.25, 0.3) is 11.1 Å². The van der Waals surface area contributed by atoms with E-state index in [1.165, 1.54) is 6.07 Å². The molecule has 0 radical (unpaired) electrons. The first-order chi connectivity index (χ1) is 15.8. The van der Waals surface area contributed by atoms with Gasteiger partial charge >= 0.3 is 5.97 Å². The van der Waals surface area contributed by atoms with Crippen molar-refractivity contribution in [3.05, 3.63) is 89.0 Å². The zero-order valence-electron chi connectivity index (χ0n) is 18.6. The van der Waals surface area contributed by atoms with E-state index in [2.05, 4.69) is 5.32 Å². The quantitative estimate of drug-likeness (QED) is 0.203. The average molecular weight is 462 g/mol. The molecule has 0 aliphatic rings. The number of carbonyl (C=O) groups excluding carboxylic acids is 1. The van der Waals surface area contributed by atoms with Gasteiger partial charge in [0, 0.05) is 28.3 Å². The van der Waals surface area contributed by atoms with Gasteiger partial charge in [-0.15, -0.1) is 11.8 Å². The number of nitrogens with two attached hydrogens (primary N) is 1. The standard InChI is InChI=1S/C26H27N3O3S/c1-16(2)14-29-25(30)18-9-12-22(23(13-18)26(31)32)21-6-4-3-5-19(21)15-33-20-10-7-17(8-11-20)24(27)28/h3-13,16H,14-15H2,1-2H3,(H3,27,28)(H,29,30)(H,31,32). The molecule has 6 nitrogen and oxygen atoms in total. The molecule has 0 unspecified atom stereocenters. The van der Waals surface area contributed by atoms with Gasteiger partial charge in [0.15, 0.2) is 0 Å². The first-order valence-corrected chi connectivity index (χ1v) is 11.6. The van der Waals surface area contributed by atoms with Gasteiger partial charge in [-0.25, -0.2) is 4.79 Å². The number of carbonyl (C=O) groups is 2. The Morgan fingerprint density at radius 2 is 1.67 bits per heavy atom. The second-order valence-corrected chi connectivity index (χ2v) is 9.10. The Morgan fingerprint density at radius 3 is 2.30 bits per heavy atom. The van der Waals surface area contributed by atoms with E-state index in [1.54, 1.807) is 23.9 Å². The molecule has 0 bridgehead atoms. The molecule has 170 valence electrons. The number of rotatable bonds is 9. The summed E-state index contributed by atoms with van der Waals surface area (Å²) in [5, 5.41) is 20.2. The Morgan fingerprint density at radius 1 is 1.00 bits per heavy atom. The molecule has 7 heteroatoms. The Kier molecular flexibility index (Phi) is 7.90. The summed E-state index contributed by atoms with van der Waals surface area (Å²) in [6, 6.07) is 19.9. The number of benzene rings is 3. The molecule has 0 heterocycles. The smallest absolute Gasteiger partial charge is 0.336 e. The zero-order chi connectivity index (χ0) is 24.0. The summed E-state index contributed by atoms with van der Waals surface area (Å²) in [7, 11) is 0. The first kappa shape index (κ1) is 24.1. The number of carboxylic acids is 1. The number of hydrogen-bond donors (Lipinski definition) is 4. The lowest BCUT2D eigenvalue weighted by Gasteiger charge is -2.14. The van der Waals surface area contributed by atoms with Gasteiger partial charge < -0.3 is 16.2 Å². The molecule has 5 N–H and O–H groups in total. The largest absolute Gasteiger partial charge is 0.478 e. The summed E-state index contributed by atoms with van der Waals surface area (Å²) in [4.78, 5) is 25.5. The molecule has 0 aliphatic heterocycles. The normalized spacial score (nSPS) is 10.8. The Bertz CT molecular complexity index is 1170. The molecule has 0 saturated heterocycles. The summed E-state index contributed by atoms with van der Waals surface area (Å²) in [6.07, 6.45) is 0. The molecule has 0 aliphatic carbocycles. The van der Waals surface area contributed by atoms with Crippen LogP contribution in [-0.2, 0) is 5.75 Å². The SMILES string of the molecule is CC(C)CNC(=O)c1ccc(-c2ccccc2CSc2ccc(C(=N)N)cc2)c(C(=O)O)c1. The van der Waals surface area contributed by atoms with E-state index < -0.39 is 5.97 Å². The minimum absolute atomic E-state index is 0.0273. The first-order valence-electron chi connectivity index (χ1n) is 10.6. The summed E-state index contributed by atoms with van der Waals surface area (Å²) >= 11 is 1.61. The number of amidine groups is 1. The lowest BCUT2D eigenvalue weighted by atomic mass is 9.94. The lowest BCUT2D eigenvalue weighted by molar-refractivity contribution is 0.0697. The minimum Gasteiger partial charge on any atom is -0.478 e. The zero-order valence-corrected chi connectivity index (χ0v) is 19.4. The summed E-state index contributed by atoms with van der Waals surface area (Å²) in [5.74, 6) is -0.401. The fourth-order valence-electron chi connectivity index (χ4n) is 3.30. The van der Waals surface area contributed by atoms with Crippen LogP contribution in [0.4, 0.5) is 0 Å². The van der Waals surface area contributed by atoms with Crippen molar-refractivity contribution >= 4 is 29.5 Å². The van der Waals surface area contributed by atoms with Crippen LogP contribution in [0, 0.1) is 11.3 Å². The van der Waals surface area contributed by atoms with Gasteiger partial charge in [-0.05, 0) is 46.9 Å². The van der Waals surface area contributed by atoms with E-state index in [4.69, 9.17) is 11.1 Å². The van der Waals surface area contributed by atoms with E-state index in [0.717, 1.165) is 16.0 Å². The van der Waals surface area contributed by atoms with Crippen molar-refractivity contribution < 1.29 is 14.7 Å². The van der Waals surface area contributed by atoms with Gasteiger partial charge in [-0.1, -0.05) is 56.3 Å². The maximum Gasteiger partial charge on any atom is 0.336 e. The molecule has 0 fully saturated rings. The van der Waals surface area contributed by atoms with Crippen LogP contribution in [0.5, 0.6) is 0 Å². The number of amides is 1. The molecular formula is C26H27N3O3S. The Labute approximate surface area is 197 Å². The molecule has 0 aromatic heterocycles. The molecule has 3 aromatic rings. The summed E-state index contributed by atoms with van der Waals surface area (Å²) in [6.45, 7) is 4.52. The fourth-order valence-corrected chi connectivity index (χ4v) is 4.20. The molecule has 33 heavy (non-hydrogen) atoms. The summed E-state index contributed by atoms with van der Waals surface area (Å²) < 4.78 is 0. The van der Waals surface area contributed by atoms with Crippen LogP contribution in [-0.4, -0.2) is 29.4 Å². The second kappa shape index (κ2) is 10.8. The van der Waals surface area contributed by atoms with E-state index in [1.807, 2.05) is 62.4 Å². The van der Waals surface area contributed by atoms with E-state index in [9.17, 15) is 14.7 Å². The van der Waals surface area contributed by atoms with Gasteiger partial charge in [-0.3, -0.25) is 10.2 Å². The predicted octanol–water partition coefficient (Wildman–Crippen LogP) is 5.01. The van der Waals surface area contributed by atoms with Crippen molar-refractivity contribution in [2.45, 2.75) is 24.5 Å². The Hall–Kier alpha value is -3.58. The lowest BCUT2D eigenvalue weighted by Crippen LogP contribution is -2.27. The number of hydrogen-bond acceptors (Lipinski definition) is 4.